The summed E-state index contributed by atoms with van der Waals surface area (Å²) in [5.74, 6) is 1.62. The third-order valence-corrected chi connectivity index (χ3v) is 4.22. The Hall–Kier alpha value is -1.09. The number of hydrogen-bond acceptors (Lipinski definition) is 3. The lowest BCUT2D eigenvalue weighted by atomic mass is 10.0. The van der Waals surface area contributed by atoms with Gasteiger partial charge in [0.2, 0.25) is 0 Å². The van der Waals surface area contributed by atoms with Crippen LogP contribution in [-0.4, -0.2) is 17.6 Å². The highest BCUT2D eigenvalue weighted by Gasteiger charge is 2.21. The van der Waals surface area contributed by atoms with Crippen LogP contribution in [0.25, 0.3) is 0 Å². The average Bonchev–Trinajstić information content (AvgIpc) is 3.31. The third-order valence-electron chi connectivity index (χ3n) is 4.22. The molecule has 3 nitrogen and oxygen atoms in total. The van der Waals surface area contributed by atoms with Gasteiger partial charge in [-0.15, -0.1) is 0 Å². The van der Waals surface area contributed by atoms with Gasteiger partial charge in [0.15, 0.2) is 0 Å². The van der Waals surface area contributed by atoms with Gasteiger partial charge in [0.05, 0.1) is 12.3 Å². The molecule has 0 aromatic carbocycles. The van der Waals surface area contributed by atoms with Crippen LogP contribution in [0.15, 0.2) is 12.1 Å². The summed E-state index contributed by atoms with van der Waals surface area (Å²) in [7, 11) is 0. The molecule has 1 aliphatic rings. The lowest BCUT2D eigenvalue weighted by Crippen LogP contribution is -2.18. The molecule has 0 spiro atoms. The van der Waals surface area contributed by atoms with Gasteiger partial charge < -0.3 is 10.1 Å². The number of aromatic nitrogens is 1. The van der Waals surface area contributed by atoms with Crippen LogP contribution in [0.3, 0.4) is 0 Å². The second-order valence-electron chi connectivity index (χ2n) is 6.28. The summed E-state index contributed by atoms with van der Waals surface area (Å²) < 4.78 is 6.09. The normalized spacial score (nSPS) is 16.0. The Balaban J connectivity index is 1.90. The van der Waals surface area contributed by atoms with Crippen molar-refractivity contribution in [3.05, 3.63) is 23.5 Å². The molecule has 1 N–H and O–H groups in total. The van der Waals surface area contributed by atoms with Crippen molar-refractivity contribution in [2.45, 2.75) is 71.9 Å². The predicted molar refractivity (Wildman–Crippen MR) is 87.6 cm³/mol. The van der Waals surface area contributed by atoms with Crippen LogP contribution in [0.5, 0.6) is 5.75 Å². The molecule has 2 rings (SSSR count). The minimum absolute atomic E-state index is 0.662. The summed E-state index contributed by atoms with van der Waals surface area (Å²) in [6.45, 7) is 8.19. The van der Waals surface area contributed by atoms with Crippen LogP contribution in [0.4, 0.5) is 0 Å². The number of hydrogen-bond donors (Lipinski definition) is 1. The van der Waals surface area contributed by atoms with Gasteiger partial charge in [0.25, 0.3) is 0 Å². The Morgan fingerprint density at radius 2 is 2.14 bits per heavy atom. The molecule has 1 fully saturated rings. The van der Waals surface area contributed by atoms with Crippen LogP contribution in [0.2, 0.25) is 0 Å². The van der Waals surface area contributed by atoms with Crippen molar-refractivity contribution in [1.82, 2.24) is 10.3 Å². The summed E-state index contributed by atoms with van der Waals surface area (Å²) in [6.07, 6.45) is 7.62. The molecule has 1 aromatic rings. The molecule has 1 unspecified atom stereocenters. The lowest BCUT2D eigenvalue weighted by molar-refractivity contribution is 0.230. The first-order chi connectivity index (χ1) is 10.2. The third kappa shape index (κ3) is 5.66. The number of unbranched alkanes of at least 4 members (excludes halogenated alkanes) is 1. The highest BCUT2D eigenvalue weighted by Crippen LogP contribution is 2.23. The highest BCUT2D eigenvalue weighted by atomic mass is 16.5. The quantitative estimate of drug-likeness (QED) is 0.700. The zero-order valence-corrected chi connectivity index (χ0v) is 13.8. The summed E-state index contributed by atoms with van der Waals surface area (Å²) >= 11 is 0. The number of nitrogens with zero attached hydrogens (tertiary/aromatic N) is 1. The fourth-order valence-electron chi connectivity index (χ4n) is 2.49. The number of aryl methyl sites for hydroxylation is 1. The summed E-state index contributed by atoms with van der Waals surface area (Å²) in [4.78, 5) is 4.65. The molecule has 0 bridgehead atoms. The minimum atomic E-state index is 0.662. The van der Waals surface area contributed by atoms with E-state index in [4.69, 9.17) is 4.74 Å². The van der Waals surface area contributed by atoms with Crippen LogP contribution in [0.1, 0.15) is 63.8 Å². The predicted octanol–water partition coefficient (Wildman–Crippen LogP) is 4.24. The molecule has 1 atom stereocenters. The van der Waals surface area contributed by atoms with Gasteiger partial charge in [-0.1, -0.05) is 33.1 Å². The van der Waals surface area contributed by atoms with E-state index in [2.05, 4.69) is 30.2 Å². The second-order valence-corrected chi connectivity index (χ2v) is 6.28. The maximum Gasteiger partial charge on any atom is 0.142 e. The fourth-order valence-corrected chi connectivity index (χ4v) is 2.49. The topological polar surface area (TPSA) is 34.1 Å². The summed E-state index contributed by atoms with van der Waals surface area (Å²) in [5, 5.41) is 3.53. The zero-order valence-electron chi connectivity index (χ0n) is 13.8. The maximum absolute atomic E-state index is 6.09. The van der Waals surface area contributed by atoms with Crippen molar-refractivity contribution in [2.24, 2.45) is 5.92 Å². The van der Waals surface area contributed by atoms with E-state index in [0.717, 1.165) is 30.3 Å². The first kappa shape index (κ1) is 16.3. The SMILES string of the molecule is CCCCC(CC)COc1ccc(C)nc1CNC1CC1. The van der Waals surface area contributed by atoms with Crippen molar-refractivity contribution >= 4 is 0 Å². The number of rotatable bonds is 10. The number of ether oxygens (including phenoxy) is 1. The van der Waals surface area contributed by atoms with E-state index in [-0.39, 0.29) is 0 Å². The Morgan fingerprint density at radius 3 is 2.81 bits per heavy atom. The molecule has 1 aliphatic carbocycles. The molecule has 1 saturated carbocycles. The highest BCUT2D eigenvalue weighted by molar-refractivity contribution is 5.29. The van der Waals surface area contributed by atoms with Crippen molar-refractivity contribution in [3.8, 4) is 5.75 Å². The smallest absolute Gasteiger partial charge is 0.142 e. The van der Waals surface area contributed by atoms with Gasteiger partial charge in [0, 0.05) is 18.3 Å². The molecule has 21 heavy (non-hydrogen) atoms. The fraction of sp³-hybridized carbons (Fsp3) is 0.722. The Kier molecular flexibility index (Phi) is 6.50. The van der Waals surface area contributed by atoms with Crippen molar-refractivity contribution in [1.29, 1.82) is 0 Å². The first-order valence-electron chi connectivity index (χ1n) is 8.55. The molecule has 118 valence electrons. The molecule has 0 amide bonds. The lowest BCUT2D eigenvalue weighted by Gasteiger charge is -2.17. The van der Waals surface area contributed by atoms with E-state index >= 15 is 0 Å². The minimum Gasteiger partial charge on any atom is -0.491 e. The van der Waals surface area contributed by atoms with Crippen molar-refractivity contribution in [2.75, 3.05) is 6.61 Å². The zero-order chi connectivity index (χ0) is 15.1. The largest absolute Gasteiger partial charge is 0.491 e. The Morgan fingerprint density at radius 1 is 1.33 bits per heavy atom. The van der Waals surface area contributed by atoms with Crippen molar-refractivity contribution < 1.29 is 4.74 Å². The van der Waals surface area contributed by atoms with E-state index in [1.165, 1.54) is 38.5 Å². The van der Waals surface area contributed by atoms with Crippen LogP contribution in [-0.2, 0) is 6.54 Å². The second kappa shape index (κ2) is 8.38. The van der Waals surface area contributed by atoms with Crippen LogP contribution < -0.4 is 10.1 Å². The van der Waals surface area contributed by atoms with Gasteiger partial charge in [0.1, 0.15) is 5.75 Å². The summed E-state index contributed by atoms with van der Waals surface area (Å²) in [6, 6.07) is 4.83. The maximum atomic E-state index is 6.09. The molecule has 0 radical (unpaired) electrons. The van der Waals surface area contributed by atoms with Crippen LogP contribution in [0, 0.1) is 12.8 Å². The van der Waals surface area contributed by atoms with Gasteiger partial charge in [-0.25, -0.2) is 0 Å². The molecule has 0 saturated heterocycles. The number of nitrogens with one attached hydrogen (secondary N) is 1. The Bertz CT molecular complexity index is 429. The first-order valence-corrected chi connectivity index (χ1v) is 8.55. The van der Waals surface area contributed by atoms with E-state index in [9.17, 15) is 0 Å². The Labute approximate surface area is 129 Å². The van der Waals surface area contributed by atoms with E-state index in [0.29, 0.717) is 12.0 Å². The van der Waals surface area contributed by atoms with E-state index < -0.39 is 0 Å². The van der Waals surface area contributed by atoms with Gasteiger partial charge >= 0.3 is 0 Å². The molecular formula is C18H30N2O. The molecule has 0 aliphatic heterocycles. The molecule has 1 heterocycles. The van der Waals surface area contributed by atoms with Crippen LogP contribution >= 0.6 is 0 Å². The summed E-state index contributed by atoms with van der Waals surface area (Å²) in [5.41, 5.74) is 2.13. The average molecular weight is 290 g/mol. The molecular weight excluding hydrogens is 260 g/mol. The van der Waals surface area contributed by atoms with Gasteiger partial charge in [-0.3, -0.25) is 4.98 Å². The van der Waals surface area contributed by atoms with Gasteiger partial charge in [-0.2, -0.15) is 0 Å². The number of pyridine rings is 1. The van der Waals surface area contributed by atoms with Gasteiger partial charge in [-0.05, 0) is 44.2 Å². The standard InChI is InChI=1S/C18H30N2O/c1-4-6-7-15(5-2)13-21-18-11-8-14(3)20-17(18)12-19-16-9-10-16/h8,11,15-16,19H,4-7,9-10,12-13H2,1-3H3. The van der Waals surface area contributed by atoms with E-state index in [1.54, 1.807) is 0 Å². The monoisotopic (exact) mass is 290 g/mol. The molecule has 3 heteroatoms. The molecule has 1 aromatic heterocycles. The van der Waals surface area contributed by atoms with Crippen molar-refractivity contribution in [3.63, 3.8) is 0 Å². The van der Waals surface area contributed by atoms with E-state index in [1.807, 2.05) is 13.0 Å².